The summed E-state index contributed by atoms with van der Waals surface area (Å²) in [7, 11) is 0. The first-order valence-electron chi connectivity index (χ1n) is 5.06. The summed E-state index contributed by atoms with van der Waals surface area (Å²) in [6.45, 7) is 2.15. The van der Waals surface area contributed by atoms with Crippen LogP contribution in [0.1, 0.15) is 19.8 Å². The molecule has 2 rings (SSSR count). The number of ether oxygens (including phenoxy) is 1. The first kappa shape index (κ1) is 9.49. The second kappa shape index (κ2) is 3.26. The molecule has 4 nitrogen and oxygen atoms in total. The zero-order valence-electron chi connectivity index (χ0n) is 8.10. The molecule has 4 atom stereocenters. The molecule has 0 amide bonds. The fourth-order valence-corrected chi connectivity index (χ4v) is 2.74. The third-order valence-electron chi connectivity index (χ3n) is 3.38. The van der Waals surface area contributed by atoms with E-state index >= 15 is 0 Å². The lowest BCUT2D eigenvalue weighted by molar-refractivity contribution is -0.147. The van der Waals surface area contributed by atoms with E-state index in [1.165, 1.54) is 0 Å². The summed E-state index contributed by atoms with van der Waals surface area (Å²) in [5.74, 6) is -1.04. The van der Waals surface area contributed by atoms with Gasteiger partial charge in [-0.25, -0.2) is 0 Å². The Kier molecular flexibility index (Phi) is 2.21. The van der Waals surface area contributed by atoms with Gasteiger partial charge in [-0.05, 0) is 31.6 Å². The monoisotopic (exact) mass is 198 g/mol. The number of hydrogen-bond donors (Lipinski definition) is 1. The lowest BCUT2D eigenvalue weighted by Crippen LogP contribution is -2.18. The van der Waals surface area contributed by atoms with Gasteiger partial charge in [-0.1, -0.05) is 0 Å². The molecule has 2 fully saturated rings. The molecule has 78 valence electrons. The largest absolute Gasteiger partial charge is 0.481 e. The average Bonchev–Trinajstić information content (AvgIpc) is 2.66. The summed E-state index contributed by atoms with van der Waals surface area (Å²) < 4.78 is 4.90. The van der Waals surface area contributed by atoms with Crippen molar-refractivity contribution in [3.05, 3.63) is 0 Å². The van der Waals surface area contributed by atoms with Crippen molar-refractivity contribution in [2.24, 2.45) is 23.7 Å². The normalized spacial score (nSPS) is 38.9. The minimum atomic E-state index is -0.760. The van der Waals surface area contributed by atoms with Crippen molar-refractivity contribution >= 4 is 11.9 Å². The first-order chi connectivity index (χ1) is 6.66. The summed E-state index contributed by atoms with van der Waals surface area (Å²) in [6, 6.07) is 0. The van der Waals surface area contributed by atoms with Crippen LogP contribution in [0.25, 0.3) is 0 Å². The van der Waals surface area contributed by atoms with Crippen molar-refractivity contribution in [1.29, 1.82) is 0 Å². The number of esters is 1. The Morgan fingerprint density at radius 3 is 2.71 bits per heavy atom. The molecule has 2 saturated carbocycles. The molecule has 0 saturated heterocycles. The van der Waals surface area contributed by atoms with Crippen LogP contribution in [-0.2, 0) is 14.3 Å². The molecule has 1 N–H and O–H groups in total. The van der Waals surface area contributed by atoms with Crippen LogP contribution < -0.4 is 0 Å². The van der Waals surface area contributed by atoms with E-state index in [1.807, 2.05) is 0 Å². The molecule has 4 heteroatoms. The van der Waals surface area contributed by atoms with Crippen molar-refractivity contribution in [2.45, 2.75) is 19.8 Å². The number of aliphatic carboxylic acids is 1. The lowest BCUT2D eigenvalue weighted by atomic mass is 10.0. The number of carboxylic acids is 1. The minimum Gasteiger partial charge on any atom is -0.481 e. The predicted molar refractivity (Wildman–Crippen MR) is 47.5 cm³/mol. The summed E-state index contributed by atoms with van der Waals surface area (Å²) in [5, 5.41) is 8.89. The van der Waals surface area contributed by atoms with Crippen molar-refractivity contribution in [3.8, 4) is 0 Å². The molecule has 0 spiro atoms. The van der Waals surface area contributed by atoms with Gasteiger partial charge in [0.2, 0.25) is 0 Å². The predicted octanol–water partition coefficient (Wildman–Crippen LogP) is 0.906. The molecule has 2 aliphatic carbocycles. The molecule has 0 aromatic heterocycles. The first-order valence-corrected chi connectivity index (χ1v) is 5.06. The Bertz CT molecular complexity index is 273. The highest BCUT2D eigenvalue weighted by Gasteiger charge is 2.63. The Hall–Kier alpha value is -1.06. The number of hydrogen-bond acceptors (Lipinski definition) is 3. The zero-order chi connectivity index (χ0) is 10.3. The molecule has 0 bridgehead atoms. The molecule has 14 heavy (non-hydrogen) atoms. The van der Waals surface area contributed by atoms with Crippen molar-refractivity contribution in [2.75, 3.05) is 6.61 Å². The Labute approximate surface area is 82.2 Å². The molecule has 0 unspecified atom stereocenters. The second-order valence-electron chi connectivity index (χ2n) is 4.04. The van der Waals surface area contributed by atoms with Gasteiger partial charge in [0.05, 0.1) is 18.4 Å². The van der Waals surface area contributed by atoms with Crippen LogP contribution in [0.2, 0.25) is 0 Å². The van der Waals surface area contributed by atoms with E-state index in [0.717, 1.165) is 12.8 Å². The van der Waals surface area contributed by atoms with Crippen LogP contribution in [0.5, 0.6) is 0 Å². The van der Waals surface area contributed by atoms with Crippen LogP contribution in [0.4, 0.5) is 0 Å². The van der Waals surface area contributed by atoms with E-state index in [1.54, 1.807) is 6.92 Å². The Balaban J connectivity index is 1.96. The molecule has 0 aliphatic heterocycles. The number of rotatable bonds is 3. The average molecular weight is 198 g/mol. The van der Waals surface area contributed by atoms with Gasteiger partial charge < -0.3 is 9.84 Å². The SMILES string of the molecule is CCOC(=O)[C@@H]1[C@@H]2CC[C@H](C(=O)O)[C@@H]21. The van der Waals surface area contributed by atoms with E-state index in [-0.39, 0.29) is 29.6 Å². The molecule has 0 aromatic carbocycles. The van der Waals surface area contributed by atoms with Crippen LogP contribution in [0, 0.1) is 23.7 Å². The third kappa shape index (κ3) is 1.29. The maximum absolute atomic E-state index is 11.4. The van der Waals surface area contributed by atoms with Gasteiger partial charge in [0.25, 0.3) is 0 Å². The number of carbonyl (C=O) groups excluding carboxylic acids is 1. The van der Waals surface area contributed by atoms with Gasteiger partial charge in [-0.2, -0.15) is 0 Å². The van der Waals surface area contributed by atoms with E-state index in [9.17, 15) is 9.59 Å². The van der Waals surface area contributed by atoms with Crippen LogP contribution >= 0.6 is 0 Å². The maximum atomic E-state index is 11.4. The van der Waals surface area contributed by atoms with Crippen molar-refractivity contribution in [3.63, 3.8) is 0 Å². The maximum Gasteiger partial charge on any atom is 0.309 e. The summed E-state index contributed by atoms with van der Waals surface area (Å²) in [5.41, 5.74) is 0. The molecule has 0 aromatic rings. The minimum absolute atomic E-state index is 0.0616. The second-order valence-corrected chi connectivity index (χ2v) is 4.04. The highest BCUT2D eigenvalue weighted by Crippen LogP contribution is 2.60. The fraction of sp³-hybridized carbons (Fsp3) is 0.800. The van der Waals surface area contributed by atoms with E-state index in [0.29, 0.717) is 6.61 Å². The lowest BCUT2D eigenvalue weighted by Gasteiger charge is -2.08. The summed E-state index contributed by atoms with van der Waals surface area (Å²) >= 11 is 0. The highest BCUT2D eigenvalue weighted by atomic mass is 16.5. The van der Waals surface area contributed by atoms with Gasteiger partial charge in [-0.15, -0.1) is 0 Å². The molecular formula is C10H14O4. The highest BCUT2D eigenvalue weighted by molar-refractivity contribution is 5.80. The smallest absolute Gasteiger partial charge is 0.309 e. The van der Waals surface area contributed by atoms with E-state index in [4.69, 9.17) is 9.84 Å². The van der Waals surface area contributed by atoms with Crippen LogP contribution in [0.15, 0.2) is 0 Å². The topological polar surface area (TPSA) is 63.6 Å². The Morgan fingerprint density at radius 1 is 1.43 bits per heavy atom. The third-order valence-corrected chi connectivity index (χ3v) is 3.38. The van der Waals surface area contributed by atoms with Crippen LogP contribution in [-0.4, -0.2) is 23.7 Å². The van der Waals surface area contributed by atoms with Gasteiger partial charge >= 0.3 is 11.9 Å². The fourth-order valence-electron chi connectivity index (χ4n) is 2.74. The number of carboxylic acid groups (broad SMARTS) is 1. The van der Waals surface area contributed by atoms with Crippen molar-refractivity contribution < 1.29 is 19.4 Å². The van der Waals surface area contributed by atoms with Gasteiger partial charge in [0.15, 0.2) is 0 Å². The standard InChI is InChI=1S/C10H14O4/c1-2-14-10(13)8-5-3-4-6(7(5)8)9(11)12/h5-8H,2-4H2,1H3,(H,11,12)/t5-,6+,7-,8-/m1/s1. The van der Waals surface area contributed by atoms with Crippen LogP contribution in [0.3, 0.4) is 0 Å². The Morgan fingerprint density at radius 2 is 2.14 bits per heavy atom. The summed E-state index contributed by atoms with van der Waals surface area (Å²) in [4.78, 5) is 22.2. The summed E-state index contributed by atoms with van der Waals surface area (Å²) in [6.07, 6.45) is 1.59. The van der Waals surface area contributed by atoms with Crippen molar-refractivity contribution in [1.82, 2.24) is 0 Å². The molecule has 0 heterocycles. The molecular weight excluding hydrogens is 184 g/mol. The van der Waals surface area contributed by atoms with Gasteiger partial charge in [0.1, 0.15) is 0 Å². The quantitative estimate of drug-likeness (QED) is 0.684. The number of carbonyl (C=O) groups is 2. The van der Waals surface area contributed by atoms with E-state index in [2.05, 4.69) is 0 Å². The van der Waals surface area contributed by atoms with Gasteiger partial charge in [-0.3, -0.25) is 9.59 Å². The van der Waals surface area contributed by atoms with E-state index < -0.39 is 5.97 Å². The molecule has 0 radical (unpaired) electrons. The van der Waals surface area contributed by atoms with Gasteiger partial charge in [0, 0.05) is 0 Å². The molecule has 2 aliphatic rings. The number of fused-ring (bicyclic) bond motifs is 1. The zero-order valence-corrected chi connectivity index (χ0v) is 8.10.